The molecule has 6 nitrogen and oxygen atoms in total. The fourth-order valence-electron chi connectivity index (χ4n) is 2.65. The molecular formula is C21H25N3O3S. The number of aryl methyl sites for hydroxylation is 1. The highest BCUT2D eigenvalue weighted by molar-refractivity contribution is 7.89. The molecule has 0 fully saturated rings. The SMILES string of the molecule is CCCCCc1ccc(NC(=O)c2ccc(S(=O)(=O)NCCC#N)cc2)cc1. The minimum atomic E-state index is -3.68. The third-order valence-electron chi connectivity index (χ3n) is 4.24. The highest BCUT2D eigenvalue weighted by atomic mass is 32.2. The Balaban J connectivity index is 1.96. The molecule has 0 heterocycles. The molecule has 0 aliphatic rings. The van der Waals surface area contributed by atoms with Crippen LogP contribution in [0.3, 0.4) is 0 Å². The van der Waals surface area contributed by atoms with E-state index >= 15 is 0 Å². The van der Waals surface area contributed by atoms with E-state index in [1.807, 2.05) is 30.3 Å². The second kappa shape index (κ2) is 10.6. The Morgan fingerprint density at radius 2 is 1.71 bits per heavy atom. The summed E-state index contributed by atoms with van der Waals surface area (Å²) in [6.07, 6.45) is 4.67. The number of sulfonamides is 1. The van der Waals surface area contributed by atoms with E-state index in [0.29, 0.717) is 11.3 Å². The van der Waals surface area contributed by atoms with E-state index in [4.69, 9.17) is 5.26 Å². The third kappa shape index (κ3) is 6.48. The number of anilines is 1. The number of unbranched alkanes of at least 4 members (excludes halogenated alkanes) is 2. The molecular weight excluding hydrogens is 374 g/mol. The van der Waals surface area contributed by atoms with Crippen LogP contribution in [0.5, 0.6) is 0 Å². The second-order valence-electron chi connectivity index (χ2n) is 6.44. The fourth-order valence-corrected chi connectivity index (χ4v) is 3.68. The van der Waals surface area contributed by atoms with Crippen LogP contribution in [0.25, 0.3) is 0 Å². The van der Waals surface area contributed by atoms with Gasteiger partial charge in [-0.2, -0.15) is 5.26 Å². The number of hydrogen-bond donors (Lipinski definition) is 2. The molecule has 0 radical (unpaired) electrons. The summed E-state index contributed by atoms with van der Waals surface area (Å²) in [5.74, 6) is -0.305. The normalized spacial score (nSPS) is 11.0. The Morgan fingerprint density at radius 3 is 2.32 bits per heavy atom. The van der Waals surface area contributed by atoms with E-state index in [9.17, 15) is 13.2 Å². The Morgan fingerprint density at radius 1 is 1.04 bits per heavy atom. The van der Waals surface area contributed by atoms with Crippen LogP contribution in [-0.2, 0) is 16.4 Å². The van der Waals surface area contributed by atoms with Gasteiger partial charge in [-0.05, 0) is 54.8 Å². The molecule has 0 aromatic heterocycles. The number of carbonyl (C=O) groups excluding carboxylic acids is 1. The summed E-state index contributed by atoms with van der Waals surface area (Å²) in [6, 6.07) is 15.3. The van der Waals surface area contributed by atoms with E-state index in [2.05, 4.69) is 17.0 Å². The molecule has 2 aromatic carbocycles. The van der Waals surface area contributed by atoms with E-state index in [0.717, 1.165) is 12.8 Å². The van der Waals surface area contributed by atoms with Crippen molar-refractivity contribution in [2.75, 3.05) is 11.9 Å². The maximum absolute atomic E-state index is 12.4. The van der Waals surface area contributed by atoms with Crippen LogP contribution in [0.1, 0.15) is 48.5 Å². The summed E-state index contributed by atoms with van der Waals surface area (Å²) in [6.45, 7) is 2.22. The summed E-state index contributed by atoms with van der Waals surface area (Å²) in [7, 11) is -3.68. The van der Waals surface area contributed by atoms with Crippen molar-refractivity contribution < 1.29 is 13.2 Å². The minimum absolute atomic E-state index is 0.0511. The molecule has 0 aliphatic heterocycles. The predicted octanol–water partition coefficient (Wildman–Crippen LogP) is 3.86. The number of rotatable bonds is 10. The van der Waals surface area contributed by atoms with Crippen molar-refractivity contribution in [1.82, 2.24) is 4.72 Å². The molecule has 148 valence electrons. The van der Waals surface area contributed by atoms with Gasteiger partial charge in [0.25, 0.3) is 5.91 Å². The molecule has 2 aromatic rings. The van der Waals surface area contributed by atoms with Gasteiger partial charge >= 0.3 is 0 Å². The van der Waals surface area contributed by atoms with Crippen LogP contribution in [0.2, 0.25) is 0 Å². The summed E-state index contributed by atoms with van der Waals surface area (Å²) >= 11 is 0. The number of nitriles is 1. The van der Waals surface area contributed by atoms with Gasteiger partial charge in [0.05, 0.1) is 11.0 Å². The van der Waals surface area contributed by atoms with Crippen LogP contribution >= 0.6 is 0 Å². The molecule has 1 amide bonds. The fraction of sp³-hybridized carbons (Fsp3) is 0.333. The monoisotopic (exact) mass is 399 g/mol. The molecule has 2 rings (SSSR count). The van der Waals surface area contributed by atoms with Crippen molar-refractivity contribution in [2.45, 2.75) is 43.9 Å². The summed E-state index contributed by atoms with van der Waals surface area (Å²) in [5.41, 5.74) is 2.30. The van der Waals surface area contributed by atoms with Crippen LogP contribution in [0, 0.1) is 11.3 Å². The zero-order chi connectivity index (χ0) is 20.4. The number of benzene rings is 2. The maximum Gasteiger partial charge on any atom is 0.255 e. The molecule has 28 heavy (non-hydrogen) atoms. The van der Waals surface area contributed by atoms with Gasteiger partial charge in [0, 0.05) is 24.2 Å². The van der Waals surface area contributed by atoms with Gasteiger partial charge in [0.2, 0.25) is 10.0 Å². The molecule has 0 spiro atoms. The number of nitrogens with zero attached hydrogens (tertiary/aromatic N) is 1. The Hall–Kier alpha value is -2.69. The van der Waals surface area contributed by atoms with Gasteiger partial charge in [-0.15, -0.1) is 0 Å². The van der Waals surface area contributed by atoms with Crippen molar-refractivity contribution in [3.05, 3.63) is 59.7 Å². The summed E-state index contributed by atoms with van der Waals surface area (Å²) in [4.78, 5) is 12.4. The van der Waals surface area contributed by atoms with Gasteiger partial charge in [-0.25, -0.2) is 13.1 Å². The first-order valence-electron chi connectivity index (χ1n) is 9.33. The lowest BCUT2D eigenvalue weighted by Crippen LogP contribution is -2.24. The van der Waals surface area contributed by atoms with Gasteiger partial charge in [-0.3, -0.25) is 4.79 Å². The average molecular weight is 400 g/mol. The summed E-state index contributed by atoms with van der Waals surface area (Å²) < 4.78 is 26.5. The topological polar surface area (TPSA) is 99.1 Å². The minimum Gasteiger partial charge on any atom is -0.322 e. The molecule has 0 aliphatic carbocycles. The van der Waals surface area contributed by atoms with Crippen molar-refractivity contribution in [3.63, 3.8) is 0 Å². The predicted molar refractivity (Wildman–Crippen MR) is 109 cm³/mol. The van der Waals surface area contributed by atoms with Gasteiger partial charge in [0.15, 0.2) is 0 Å². The van der Waals surface area contributed by atoms with Crippen molar-refractivity contribution in [1.29, 1.82) is 5.26 Å². The lowest BCUT2D eigenvalue weighted by molar-refractivity contribution is 0.102. The maximum atomic E-state index is 12.4. The first-order chi connectivity index (χ1) is 13.5. The van der Waals surface area contributed by atoms with Crippen LogP contribution in [-0.4, -0.2) is 20.9 Å². The van der Waals surface area contributed by atoms with E-state index in [1.165, 1.54) is 42.7 Å². The zero-order valence-corrected chi connectivity index (χ0v) is 16.8. The largest absolute Gasteiger partial charge is 0.322 e. The highest BCUT2D eigenvalue weighted by Crippen LogP contribution is 2.15. The van der Waals surface area contributed by atoms with Crippen LogP contribution in [0.4, 0.5) is 5.69 Å². The average Bonchev–Trinajstić information content (AvgIpc) is 2.70. The van der Waals surface area contributed by atoms with E-state index in [1.54, 1.807) is 0 Å². The number of nitrogens with one attached hydrogen (secondary N) is 2. The first kappa shape index (κ1) is 21.6. The standard InChI is InChI=1S/C21H25N3O3S/c1-2-3-4-6-17-7-11-19(12-8-17)24-21(25)18-9-13-20(14-10-18)28(26,27)23-16-5-15-22/h7-14,23H,2-6,16H2,1H3,(H,24,25). The lowest BCUT2D eigenvalue weighted by atomic mass is 10.1. The van der Waals surface area contributed by atoms with Gasteiger partial charge < -0.3 is 5.32 Å². The Labute approximate surface area is 166 Å². The molecule has 0 saturated heterocycles. The number of amides is 1. The number of hydrogen-bond acceptors (Lipinski definition) is 4. The molecule has 2 N–H and O–H groups in total. The van der Waals surface area contributed by atoms with E-state index < -0.39 is 10.0 Å². The molecule has 0 saturated carbocycles. The lowest BCUT2D eigenvalue weighted by Gasteiger charge is -2.08. The molecule has 0 atom stereocenters. The van der Waals surface area contributed by atoms with E-state index in [-0.39, 0.29) is 23.8 Å². The Kier molecular flexibility index (Phi) is 8.18. The first-order valence-corrected chi connectivity index (χ1v) is 10.8. The molecule has 7 heteroatoms. The third-order valence-corrected chi connectivity index (χ3v) is 5.71. The van der Waals surface area contributed by atoms with Crippen LogP contribution in [0.15, 0.2) is 53.4 Å². The van der Waals surface area contributed by atoms with Crippen molar-refractivity contribution >= 4 is 21.6 Å². The molecule has 0 unspecified atom stereocenters. The van der Waals surface area contributed by atoms with Gasteiger partial charge in [0.1, 0.15) is 0 Å². The smallest absolute Gasteiger partial charge is 0.255 e. The highest BCUT2D eigenvalue weighted by Gasteiger charge is 2.14. The zero-order valence-electron chi connectivity index (χ0n) is 15.9. The molecule has 0 bridgehead atoms. The van der Waals surface area contributed by atoms with Crippen molar-refractivity contribution in [3.8, 4) is 6.07 Å². The van der Waals surface area contributed by atoms with Crippen molar-refractivity contribution in [2.24, 2.45) is 0 Å². The van der Waals surface area contributed by atoms with Gasteiger partial charge in [-0.1, -0.05) is 31.9 Å². The van der Waals surface area contributed by atoms with Crippen LogP contribution < -0.4 is 10.0 Å². The quantitative estimate of drug-likeness (QED) is 0.593. The number of carbonyl (C=O) groups is 1. The summed E-state index contributed by atoms with van der Waals surface area (Å²) in [5, 5.41) is 11.3. The second-order valence-corrected chi connectivity index (χ2v) is 8.21. The Bertz CT molecular complexity index is 915.